The van der Waals surface area contributed by atoms with E-state index >= 15 is 0 Å². The van der Waals surface area contributed by atoms with Crippen LogP contribution in [0.2, 0.25) is 0 Å². The van der Waals surface area contributed by atoms with Crippen LogP contribution in [0.1, 0.15) is 6.92 Å². The highest BCUT2D eigenvalue weighted by Gasteiger charge is 2.28. The molecule has 3 rings (SSSR count). The minimum absolute atomic E-state index is 0.148. The second kappa shape index (κ2) is 9.82. The molecule has 6 nitrogen and oxygen atoms in total. The zero-order valence-corrected chi connectivity index (χ0v) is 17.1. The third kappa shape index (κ3) is 5.97. The molecule has 0 saturated carbocycles. The number of ether oxygens (including phenoxy) is 1. The van der Waals surface area contributed by atoms with Crippen LogP contribution in [0.3, 0.4) is 0 Å². The van der Waals surface area contributed by atoms with Gasteiger partial charge in [0.15, 0.2) is 11.0 Å². The quantitative estimate of drug-likeness (QED) is 0.407. The number of para-hydroxylation sites is 1. The molecule has 1 aromatic heterocycles. The van der Waals surface area contributed by atoms with E-state index in [2.05, 4.69) is 10.2 Å². The molecule has 3 aromatic rings. The van der Waals surface area contributed by atoms with Gasteiger partial charge in [-0.25, -0.2) is 4.39 Å². The Bertz CT molecular complexity index is 1040. The van der Waals surface area contributed by atoms with Gasteiger partial charge in [-0.2, -0.15) is 13.2 Å². The number of halogens is 4. The smallest absolute Gasteiger partial charge is 0.405 e. The molecule has 0 aliphatic carbocycles. The molecule has 0 aliphatic rings. The van der Waals surface area contributed by atoms with Gasteiger partial charge in [0.2, 0.25) is 5.91 Å². The summed E-state index contributed by atoms with van der Waals surface area (Å²) in [7, 11) is 0. The third-order valence-corrected chi connectivity index (χ3v) is 4.90. The molecule has 164 valence electrons. The van der Waals surface area contributed by atoms with Gasteiger partial charge in [-0.05, 0) is 43.3 Å². The van der Waals surface area contributed by atoms with Crippen LogP contribution >= 0.6 is 11.8 Å². The molecule has 0 unspecified atom stereocenters. The van der Waals surface area contributed by atoms with Crippen LogP contribution in [0, 0.1) is 5.82 Å². The number of nitrogens with zero attached hydrogens (tertiary/aromatic N) is 3. The van der Waals surface area contributed by atoms with Gasteiger partial charge in [0, 0.05) is 5.56 Å². The van der Waals surface area contributed by atoms with E-state index in [1.807, 2.05) is 6.92 Å². The lowest BCUT2D eigenvalue weighted by Gasteiger charge is -2.12. The Morgan fingerprint density at radius 3 is 2.48 bits per heavy atom. The summed E-state index contributed by atoms with van der Waals surface area (Å²) in [6.45, 7) is 0.933. The predicted molar refractivity (Wildman–Crippen MR) is 108 cm³/mol. The number of rotatable bonds is 8. The first-order valence-corrected chi connectivity index (χ1v) is 10.2. The van der Waals surface area contributed by atoms with Crippen molar-refractivity contribution in [2.45, 2.75) is 18.3 Å². The molecular formula is C20H18F4N4O2S. The second-order valence-electron chi connectivity index (χ2n) is 6.23. The Morgan fingerprint density at radius 2 is 1.84 bits per heavy atom. The highest BCUT2D eigenvalue weighted by Crippen LogP contribution is 2.30. The third-order valence-electron chi connectivity index (χ3n) is 3.97. The SMILES string of the molecule is CCOc1ccc(-c2nnc(SCC(=O)NCC(F)(F)F)n2-c2ccccc2F)cc1. The minimum atomic E-state index is -4.51. The molecule has 0 bridgehead atoms. The van der Waals surface area contributed by atoms with Crippen molar-refractivity contribution in [3.8, 4) is 22.8 Å². The lowest BCUT2D eigenvalue weighted by molar-refractivity contribution is -0.136. The molecule has 0 atom stereocenters. The number of amides is 1. The average Bonchev–Trinajstić information content (AvgIpc) is 3.15. The predicted octanol–water partition coefficient (Wildman–Crippen LogP) is 4.24. The van der Waals surface area contributed by atoms with Gasteiger partial charge >= 0.3 is 6.18 Å². The Labute approximate surface area is 179 Å². The number of nitrogens with one attached hydrogen (secondary N) is 1. The highest BCUT2D eigenvalue weighted by atomic mass is 32.2. The van der Waals surface area contributed by atoms with Gasteiger partial charge in [0.1, 0.15) is 18.1 Å². The van der Waals surface area contributed by atoms with E-state index in [1.165, 1.54) is 22.8 Å². The van der Waals surface area contributed by atoms with Crippen LogP contribution in [-0.4, -0.2) is 45.8 Å². The number of carbonyl (C=O) groups is 1. The standard InChI is InChI=1S/C20H18F4N4O2S/c1-2-30-14-9-7-13(8-10-14)18-26-27-19(28(18)16-6-4-3-5-15(16)21)31-11-17(29)25-12-20(22,23)24/h3-10H,2,11-12H2,1H3,(H,25,29). The van der Waals surface area contributed by atoms with E-state index in [-0.39, 0.29) is 16.6 Å². The fourth-order valence-electron chi connectivity index (χ4n) is 2.65. The molecule has 1 N–H and O–H groups in total. The van der Waals surface area contributed by atoms with Crippen LogP contribution < -0.4 is 10.1 Å². The van der Waals surface area contributed by atoms with Gasteiger partial charge < -0.3 is 10.1 Å². The number of aromatic nitrogens is 3. The largest absolute Gasteiger partial charge is 0.494 e. The number of hydrogen-bond acceptors (Lipinski definition) is 5. The van der Waals surface area contributed by atoms with E-state index < -0.39 is 24.4 Å². The topological polar surface area (TPSA) is 69.0 Å². The second-order valence-corrected chi connectivity index (χ2v) is 7.17. The zero-order chi connectivity index (χ0) is 22.4. The van der Waals surface area contributed by atoms with Crippen molar-refractivity contribution in [1.82, 2.24) is 20.1 Å². The summed E-state index contributed by atoms with van der Waals surface area (Å²) < 4.78 is 58.2. The normalized spacial score (nSPS) is 11.4. The number of hydrogen-bond donors (Lipinski definition) is 1. The molecular weight excluding hydrogens is 436 g/mol. The van der Waals surface area contributed by atoms with Gasteiger partial charge in [-0.3, -0.25) is 9.36 Å². The summed E-state index contributed by atoms with van der Waals surface area (Å²) >= 11 is 0.855. The van der Waals surface area contributed by atoms with Crippen molar-refractivity contribution < 1.29 is 27.1 Å². The Balaban J connectivity index is 1.90. The van der Waals surface area contributed by atoms with Crippen LogP contribution in [0.5, 0.6) is 5.75 Å². The van der Waals surface area contributed by atoms with E-state index in [1.54, 1.807) is 35.6 Å². The van der Waals surface area contributed by atoms with Crippen molar-refractivity contribution >= 4 is 17.7 Å². The molecule has 1 amide bonds. The number of carbonyl (C=O) groups excluding carboxylic acids is 1. The number of thioether (sulfide) groups is 1. The van der Waals surface area contributed by atoms with Crippen LogP contribution in [0.4, 0.5) is 17.6 Å². The lowest BCUT2D eigenvalue weighted by atomic mass is 10.2. The average molecular weight is 454 g/mol. The minimum Gasteiger partial charge on any atom is -0.494 e. The fraction of sp³-hybridized carbons (Fsp3) is 0.250. The first-order chi connectivity index (χ1) is 14.8. The van der Waals surface area contributed by atoms with Gasteiger partial charge in [-0.15, -0.1) is 10.2 Å². The maximum Gasteiger partial charge on any atom is 0.405 e. The van der Waals surface area contributed by atoms with Crippen molar-refractivity contribution in [3.05, 3.63) is 54.3 Å². The lowest BCUT2D eigenvalue weighted by Crippen LogP contribution is -2.34. The highest BCUT2D eigenvalue weighted by molar-refractivity contribution is 7.99. The molecule has 2 aromatic carbocycles. The van der Waals surface area contributed by atoms with Gasteiger partial charge in [0.05, 0.1) is 18.0 Å². The van der Waals surface area contributed by atoms with E-state index in [4.69, 9.17) is 4.74 Å². The summed E-state index contributed by atoms with van der Waals surface area (Å²) in [5.74, 6) is -0.747. The molecule has 0 radical (unpaired) electrons. The van der Waals surface area contributed by atoms with E-state index in [0.29, 0.717) is 23.7 Å². The molecule has 0 aliphatic heterocycles. The Hall–Kier alpha value is -3.08. The Morgan fingerprint density at radius 1 is 1.13 bits per heavy atom. The van der Waals surface area contributed by atoms with E-state index in [0.717, 1.165) is 11.8 Å². The van der Waals surface area contributed by atoms with Crippen molar-refractivity contribution in [2.24, 2.45) is 0 Å². The maximum absolute atomic E-state index is 14.5. The van der Waals surface area contributed by atoms with Gasteiger partial charge in [0.25, 0.3) is 0 Å². The number of alkyl halides is 3. The molecule has 11 heteroatoms. The summed E-state index contributed by atoms with van der Waals surface area (Å²) in [4.78, 5) is 11.8. The fourth-order valence-corrected chi connectivity index (χ4v) is 3.42. The first-order valence-electron chi connectivity index (χ1n) is 9.18. The van der Waals surface area contributed by atoms with Crippen molar-refractivity contribution in [2.75, 3.05) is 18.9 Å². The zero-order valence-electron chi connectivity index (χ0n) is 16.3. The monoisotopic (exact) mass is 454 g/mol. The maximum atomic E-state index is 14.5. The summed E-state index contributed by atoms with van der Waals surface area (Å²) in [6.07, 6.45) is -4.51. The molecule has 0 fully saturated rings. The molecule has 0 saturated heterocycles. The van der Waals surface area contributed by atoms with Crippen LogP contribution in [0.25, 0.3) is 17.1 Å². The van der Waals surface area contributed by atoms with Crippen LogP contribution in [0.15, 0.2) is 53.7 Å². The summed E-state index contributed by atoms with van der Waals surface area (Å²) in [5.41, 5.74) is 0.766. The summed E-state index contributed by atoms with van der Waals surface area (Å²) in [6, 6.07) is 12.9. The van der Waals surface area contributed by atoms with Crippen molar-refractivity contribution in [1.29, 1.82) is 0 Å². The van der Waals surface area contributed by atoms with Crippen molar-refractivity contribution in [3.63, 3.8) is 0 Å². The molecule has 31 heavy (non-hydrogen) atoms. The van der Waals surface area contributed by atoms with Crippen LogP contribution in [-0.2, 0) is 4.79 Å². The van der Waals surface area contributed by atoms with Gasteiger partial charge in [-0.1, -0.05) is 23.9 Å². The molecule has 1 heterocycles. The van der Waals surface area contributed by atoms with E-state index in [9.17, 15) is 22.4 Å². The first kappa shape index (κ1) is 22.6. The summed E-state index contributed by atoms with van der Waals surface area (Å²) in [5, 5.41) is 10.1. The number of benzene rings is 2. The molecule has 0 spiro atoms. The Kier molecular flexibility index (Phi) is 7.16.